The van der Waals surface area contributed by atoms with Crippen molar-refractivity contribution in [3.05, 3.63) is 0 Å². The summed E-state index contributed by atoms with van der Waals surface area (Å²) in [6, 6.07) is 0.359. The molecule has 0 bridgehead atoms. The van der Waals surface area contributed by atoms with Gasteiger partial charge in [-0.25, -0.2) is 0 Å². The smallest absolute Gasteiger partial charge is 0.234 e. The number of carbonyl (C=O) groups is 2. The van der Waals surface area contributed by atoms with Crippen molar-refractivity contribution in [2.24, 2.45) is 11.7 Å². The topological polar surface area (TPSA) is 78.7 Å². The fourth-order valence-corrected chi connectivity index (χ4v) is 3.45. The lowest BCUT2D eigenvalue weighted by atomic mass is 9.87. The Labute approximate surface area is 164 Å². The Hall–Kier alpha value is -0.560. The van der Waals surface area contributed by atoms with Crippen molar-refractivity contribution >= 4 is 36.6 Å². The zero-order valence-corrected chi connectivity index (χ0v) is 16.9. The first kappa shape index (κ1) is 24.4. The second kappa shape index (κ2) is 12.7. The SMILES string of the molecule is CC1CCC(NC(=O)CN2CCN(C(=O)CCCN)CC2)CC1.Cl.Cl. The van der Waals surface area contributed by atoms with E-state index >= 15 is 0 Å². The molecule has 25 heavy (non-hydrogen) atoms. The predicted molar refractivity (Wildman–Crippen MR) is 105 cm³/mol. The van der Waals surface area contributed by atoms with Crippen molar-refractivity contribution in [2.75, 3.05) is 39.3 Å². The molecule has 0 atom stereocenters. The van der Waals surface area contributed by atoms with Crippen molar-refractivity contribution in [1.29, 1.82) is 0 Å². The van der Waals surface area contributed by atoms with E-state index in [1.165, 1.54) is 12.8 Å². The van der Waals surface area contributed by atoms with Gasteiger partial charge < -0.3 is 16.0 Å². The van der Waals surface area contributed by atoms with Crippen LogP contribution in [0.2, 0.25) is 0 Å². The van der Waals surface area contributed by atoms with E-state index in [1.54, 1.807) is 0 Å². The Morgan fingerprint density at radius 3 is 2.20 bits per heavy atom. The van der Waals surface area contributed by atoms with Crippen LogP contribution >= 0.6 is 24.8 Å². The molecule has 2 amide bonds. The maximum absolute atomic E-state index is 12.2. The van der Waals surface area contributed by atoms with E-state index in [9.17, 15) is 9.59 Å². The predicted octanol–water partition coefficient (Wildman–Crippen LogP) is 1.41. The van der Waals surface area contributed by atoms with E-state index in [0.717, 1.165) is 51.4 Å². The summed E-state index contributed by atoms with van der Waals surface area (Å²) < 4.78 is 0. The molecule has 0 aromatic heterocycles. The Kier molecular flexibility index (Phi) is 12.5. The number of piperazine rings is 1. The summed E-state index contributed by atoms with van der Waals surface area (Å²) >= 11 is 0. The average molecular weight is 397 g/mol. The Morgan fingerprint density at radius 2 is 1.64 bits per heavy atom. The van der Waals surface area contributed by atoms with Gasteiger partial charge in [-0.15, -0.1) is 24.8 Å². The van der Waals surface area contributed by atoms with Gasteiger partial charge in [-0.3, -0.25) is 14.5 Å². The van der Waals surface area contributed by atoms with Crippen molar-refractivity contribution in [3.63, 3.8) is 0 Å². The molecule has 2 aliphatic rings. The van der Waals surface area contributed by atoms with Crippen molar-refractivity contribution in [1.82, 2.24) is 15.1 Å². The third-order valence-corrected chi connectivity index (χ3v) is 5.07. The van der Waals surface area contributed by atoms with E-state index in [0.29, 0.717) is 25.6 Å². The Bertz CT molecular complexity index is 396. The Balaban J connectivity index is 0.00000288. The van der Waals surface area contributed by atoms with Crippen LogP contribution in [0.1, 0.15) is 45.4 Å². The van der Waals surface area contributed by atoms with Crippen LogP contribution in [0.4, 0.5) is 0 Å². The van der Waals surface area contributed by atoms with Gasteiger partial charge in [0.25, 0.3) is 0 Å². The monoisotopic (exact) mass is 396 g/mol. The summed E-state index contributed by atoms with van der Waals surface area (Å²) in [4.78, 5) is 28.2. The molecule has 0 radical (unpaired) electrons. The first-order valence-electron chi connectivity index (χ1n) is 9.08. The highest BCUT2D eigenvalue weighted by Gasteiger charge is 2.24. The molecule has 2 fully saturated rings. The van der Waals surface area contributed by atoms with E-state index in [1.807, 2.05) is 4.90 Å². The van der Waals surface area contributed by atoms with Crippen LogP contribution in [0.3, 0.4) is 0 Å². The molecular formula is C17H34Cl2N4O2. The van der Waals surface area contributed by atoms with E-state index in [-0.39, 0.29) is 36.6 Å². The van der Waals surface area contributed by atoms with Crippen LogP contribution in [0.25, 0.3) is 0 Å². The molecule has 1 heterocycles. The number of hydrogen-bond donors (Lipinski definition) is 2. The van der Waals surface area contributed by atoms with Crippen LogP contribution in [-0.4, -0.2) is 66.9 Å². The summed E-state index contributed by atoms with van der Waals surface area (Å²) in [5, 5.41) is 3.17. The van der Waals surface area contributed by atoms with Gasteiger partial charge in [0.05, 0.1) is 6.54 Å². The quantitative estimate of drug-likeness (QED) is 0.711. The second-order valence-electron chi connectivity index (χ2n) is 7.07. The summed E-state index contributed by atoms with van der Waals surface area (Å²) in [5.41, 5.74) is 5.44. The third kappa shape index (κ3) is 8.58. The minimum absolute atomic E-state index is 0. The molecule has 6 nitrogen and oxygen atoms in total. The van der Waals surface area contributed by atoms with E-state index in [2.05, 4.69) is 17.1 Å². The maximum atomic E-state index is 12.2. The van der Waals surface area contributed by atoms with Crippen molar-refractivity contribution in [2.45, 2.75) is 51.5 Å². The summed E-state index contributed by atoms with van der Waals surface area (Å²) in [7, 11) is 0. The molecule has 148 valence electrons. The van der Waals surface area contributed by atoms with Gasteiger partial charge in [0, 0.05) is 38.6 Å². The maximum Gasteiger partial charge on any atom is 0.234 e. The number of carbonyl (C=O) groups excluding carboxylic acids is 2. The number of nitrogens with zero attached hydrogens (tertiary/aromatic N) is 2. The molecule has 3 N–H and O–H groups in total. The van der Waals surface area contributed by atoms with Gasteiger partial charge in [-0.2, -0.15) is 0 Å². The normalized spacial score (nSPS) is 24.0. The zero-order chi connectivity index (χ0) is 16.7. The van der Waals surface area contributed by atoms with Gasteiger partial charge in [0.15, 0.2) is 0 Å². The fourth-order valence-electron chi connectivity index (χ4n) is 3.45. The minimum Gasteiger partial charge on any atom is -0.352 e. The lowest BCUT2D eigenvalue weighted by Crippen LogP contribution is -2.52. The molecule has 8 heteroatoms. The van der Waals surface area contributed by atoms with Crippen LogP contribution < -0.4 is 11.1 Å². The molecule has 1 aliphatic carbocycles. The van der Waals surface area contributed by atoms with E-state index < -0.39 is 0 Å². The molecule has 0 spiro atoms. The number of amides is 2. The Morgan fingerprint density at radius 1 is 1.04 bits per heavy atom. The first-order chi connectivity index (χ1) is 11.1. The highest BCUT2D eigenvalue weighted by molar-refractivity contribution is 5.85. The number of nitrogens with two attached hydrogens (primary N) is 1. The third-order valence-electron chi connectivity index (χ3n) is 5.07. The highest BCUT2D eigenvalue weighted by atomic mass is 35.5. The van der Waals surface area contributed by atoms with Gasteiger partial charge >= 0.3 is 0 Å². The van der Waals surface area contributed by atoms with Crippen LogP contribution in [0, 0.1) is 5.92 Å². The highest BCUT2D eigenvalue weighted by Crippen LogP contribution is 2.23. The van der Waals surface area contributed by atoms with Crippen LogP contribution in [-0.2, 0) is 9.59 Å². The molecule has 1 saturated carbocycles. The lowest BCUT2D eigenvalue weighted by Gasteiger charge is -2.35. The molecule has 0 aromatic rings. The van der Waals surface area contributed by atoms with Gasteiger partial charge in [-0.05, 0) is 44.6 Å². The van der Waals surface area contributed by atoms with Gasteiger partial charge in [0.2, 0.25) is 11.8 Å². The van der Waals surface area contributed by atoms with Crippen molar-refractivity contribution in [3.8, 4) is 0 Å². The first-order valence-corrected chi connectivity index (χ1v) is 9.08. The van der Waals surface area contributed by atoms with Crippen molar-refractivity contribution < 1.29 is 9.59 Å². The number of nitrogens with one attached hydrogen (secondary N) is 1. The largest absolute Gasteiger partial charge is 0.352 e. The summed E-state index contributed by atoms with van der Waals surface area (Å²) in [6.45, 7) is 6.30. The van der Waals surface area contributed by atoms with Crippen LogP contribution in [0.15, 0.2) is 0 Å². The lowest BCUT2D eigenvalue weighted by molar-refractivity contribution is -0.133. The summed E-state index contributed by atoms with van der Waals surface area (Å²) in [5.74, 6) is 1.12. The standard InChI is InChI=1S/C17H32N4O2.2ClH/c1-14-4-6-15(7-5-14)19-16(22)13-20-9-11-21(12-10-20)17(23)3-2-8-18;;/h14-15H,2-13,18H2,1H3,(H,19,22);2*1H. The average Bonchev–Trinajstić information content (AvgIpc) is 2.55. The van der Waals surface area contributed by atoms with Crippen LogP contribution in [0.5, 0.6) is 0 Å². The second-order valence-corrected chi connectivity index (χ2v) is 7.07. The number of halogens is 2. The summed E-state index contributed by atoms with van der Waals surface area (Å²) in [6.07, 6.45) is 5.94. The zero-order valence-electron chi connectivity index (χ0n) is 15.2. The van der Waals surface area contributed by atoms with Gasteiger partial charge in [0.1, 0.15) is 0 Å². The number of rotatable bonds is 6. The molecule has 2 rings (SSSR count). The molecule has 0 unspecified atom stereocenters. The number of hydrogen-bond acceptors (Lipinski definition) is 4. The van der Waals surface area contributed by atoms with Gasteiger partial charge in [-0.1, -0.05) is 6.92 Å². The molecule has 0 aromatic carbocycles. The molecular weight excluding hydrogens is 363 g/mol. The fraction of sp³-hybridized carbons (Fsp3) is 0.882. The van der Waals surface area contributed by atoms with E-state index in [4.69, 9.17) is 5.73 Å². The molecule has 1 aliphatic heterocycles. The molecule has 1 saturated heterocycles. The minimum atomic E-state index is 0.